The van der Waals surface area contributed by atoms with Gasteiger partial charge in [-0.15, -0.1) is 0 Å². The average Bonchev–Trinajstić information content (AvgIpc) is 3.05. The van der Waals surface area contributed by atoms with Gasteiger partial charge in [-0.1, -0.05) is 58.4 Å². The maximum absolute atomic E-state index is 14.8. The van der Waals surface area contributed by atoms with Crippen molar-refractivity contribution >= 4 is 27.9 Å². The van der Waals surface area contributed by atoms with E-state index in [-0.39, 0.29) is 5.56 Å². The largest absolute Gasteiger partial charge is 0.479 e. The number of carbonyl (C=O) groups is 2. The number of carboxylic acid groups (broad SMARTS) is 2. The fourth-order valence-corrected chi connectivity index (χ4v) is 3.51. The molecule has 2 aromatic rings. The Morgan fingerprint density at radius 2 is 1.63 bits per heavy atom. The first-order chi connectivity index (χ1) is 12.8. The molecule has 142 valence electrons. The fraction of sp³-hybridized carbons (Fsp3) is 0.263. The summed E-state index contributed by atoms with van der Waals surface area (Å²) in [5, 5.41) is 18.6. The van der Waals surface area contributed by atoms with Gasteiger partial charge in [-0.25, -0.2) is 14.0 Å². The Labute approximate surface area is 162 Å². The molecule has 0 bridgehead atoms. The molecule has 0 radical (unpaired) electrons. The molecular formula is C19H16BrFO6. The van der Waals surface area contributed by atoms with Gasteiger partial charge in [0.05, 0.1) is 4.83 Å². The Morgan fingerprint density at radius 3 is 2.07 bits per heavy atom. The van der Waals surface area contributed by atoms with Crippen LogP contribution in [0.2, 0.25) is 0 Å². The van der Waals surface area contributed by atoms with Crippen molar-refractivity contribution in [1.29, 1.82) is 0 Å². The zero-order chi connectivity index (χ0) is 19.8. The van der Waals surface area contributed by atoms with E-state index >= 15 is 0 Å². The van der Waals surface area contributed by atoms with Gasteiger partial charge in [0.1, 0.15) is 5.82 Å². The normalized spacial score (nSPS) is 22.3. The molecule has 2 aromatic carbocycles. The number of hydrogen-bond donors (Lipinski definition) is 2. The van der Waals surface area contributed by atoms with E-state index < -0.39 is 40.6 Å². The monoisotopic (exact) mass is 438 g/mol. The van der Waals surface area contributed by atoms with Crippen LogP contribution in [0.1, 0.15) is 12.5 Å². The molecule has 6 nitrogen and oxygen atoms in total. The minimum atomic E-state index is -1.76. The number of hydrogen-bond acceptors (Lipinski definition) is 4. The zero-order valence-corrected chi connectivity index (χ0v) is 15.7. The lowest BCUT2D eigenvalue weighted by molar-refractivity contribution is -0.191. The van der Waals surface area contributed by atoms with E-state index in [1.807, 2.05) is 6.07 Å². The molecule has 1 saturated heterocycles. The van der Waals surface area contributed by atoms with Gasteiger partial charge >= 0.3 is 11.9 Å². The lowest BCUT2D eigenvalue weighted by atomic mass is 9.98. The summed E-state index contributed by atoms with van der Waals surface area (Å²) in [6.45, 7) is 1.60. The summed E-state index contributed by atoms with van der Waals surface area (Å²) in [6.07, 6.45) is -3.45. The number of alkyl halides is 1. The fourth-order valence-electron chi connectivity index (χ4n) is 3.03. The summed E-state index contributed by atoms with van der Waals surface area (Å²) < 4.78 is 25.8. The van der Waals surface area contributed by atoms with Crippen LogP contribution in [0.3, 0.4) is 0 Å². The molecular weight excluding hydrogens is 423 g/mol. The molecule has 27 heavy (non-hydrogen) atoms. The van der Waals surface area contributed by atoms with E-state index in [1.165, 1.54) is 18.2 Å². The van der Waals surface area contributed by atoms with Crippen molar-refractivity contribution in [2.75, 3.05) is 0 Å². The van der Waals surface area contributed by atoms with Crippen LogP contribution in [-0.4, -0.2) is 39.2 Å². The van der Waals surface area contributed by atoms with Crippen LogP contribution in [0.5, 0.6) is 0 Å². The van der Waals surface area contributed by atoms with Crippen LogP contribution in [-0.2, 0) is 24.8 Å². The van der Waals surface area contributed by atoms with E-state index in [0.717, 1.165) is 0 Å². The van der Waals surface area contributed by atoms with E-state index in [2.05, 4.69) is 15.9 Å². The smallest absolute Gasteiger partial charge is 0.336 e. The molecule has 1 fully saturated rings. The molecule has 0 amide bonds. The zero-order valence-electron chi connectivity index (χ0n) is 14.1. The van der Waals surface area contributed by atoms with Crippen molar-refractivity contribution in [3.05, 3.63) is 59.9 Å². The molecule has 3 atom stereocenters. The number of aliphatic carboxylic acids is 2. The maximum atomic E-state index is 14.8. The molecule has 1 aliphatic heterocycles. The second kappa shape index (κ2) is 7.38. The first-order valence-corrected chi connectivity index (χ1v) is 8.98. The van der Waals surface area contributed by atoms with E-state index in [4.69, 9.17) is 9.47 Å². The molecule has 1 heterocycles. The molecule has 2 N–H and O–H groups in total. The lowest BCUT2D eigenvalue weighted by Gasteiger charge is -2.31. The van der Waals surface area contributed by atoms with E-state index in [0.29, 0.717) is 11.1 Å². The maximum Gasteiger partial charge on any atom is 0.336 e. The molecule has 0 aromatic heterocycles. The van der Waals surface area contributed by atoms with Crippen LogP contribution in [0, 0.1) is 5.82 Å². The van der Waals surface area contributed by atoms with Gasteiger partial charge in [0.15, 0.2) is 12.2 Å². The quantitative estimate of drug-likeness (QED) is 0.695. The number of benzene rings is 2. The summed E-state index contributed by atoms with van der Waals surface area (Å²) in [5.74, 6) is -5.27. The Kier molecular flexibility index (Phi) is 5.32. The molecule has 0 aliphatic carbocycles. The third-order valence-corrected chi connectivity index (χ3v) is 4.95. The van der Waals surface area contributed by atoms with Crippen molar-refractivity contribution in [1.82, 2.24) is 0 Å². The van der Waals surface area contributed by atoms with Gasteiger partial charge < -0.3 is 19.7 Å². The number of halogens is 2. The minimum absolute atomic E-state index is 0.180. The van der Waals surface area contributed by atoms with Crippen LogP contribution in [0.25, 0.3) is 11.1 Å². The highest BCUT2D eigenvalue weighted by Crippen LogP contribution is 2.44. The predicted octanol–water partition coefficient (Wildman–Crippen LogP) is 3.38. The second-order valence-electron chi connectivity index (χ2n) is 6.10. The molecule has 8 heteroatoms. The van der Waals surface area contributed by atoms with Crippen molar-refractivity contribution in [2.24, 2.45) is 0 Å². The highest BCUT2D eigenvalue weighted by molar-refractivity contribution is 9.09. The molecule has 0 unspecified atom stereocenters. The molecule has 0 spiro atoms. The van der Waals surface area contributed by atoms with Crippen molar-refractivity contribution in [3.63, 3.8) is 0 Å². The average molecular weight is 439 g/mol. The summed E-state index contributed by atoms with van der Waals surface area (Å²) in [4.78, 5) is 22.2. The topological polar surface area (TPSA) is 93.1 Å². The molecule has 0 saturated carbocycles. The standard InChI is InChI=1S/C19H16BrFO6/c1-10(20)19(26-15(17(22)23)16(27-19)18(24)25)12-7-8-13(14(21)9-12)11-5-3-2-4-6-11/h2-10,15-16H,1H3,(H,22,23)(H,24,25)/t10-,15+,16+/m0/s1. The highest BCUT2D eigenvalue weighted by atomic mass is 79.9. The number of ether oxygens (including phenoxy) is 2. The van der Waals surface area contributed by atoms with E-state index in [1.54, 1.807) is 31.2 Å². The van der Waals surface area contributed by atoms with Crippen molar-refractivity contribution in [3.8, 4) is 11.1 Å². The summed E-state index contributed by atoms with van der Waals surface area (Å²) in [7, 11) is 0. The lowest BCUT2D eigenvalue weighted by Crippen LogP contribution is -2.37. The first-order valence-electron chi connectivity index (χ1n) is 8.07. The van der Waals surface area contributed by atoms with Gasteiger partial charge in [0.2, 0.25) is 5.79 Å². The van der Waals surface area contributed by atoms with Gasteiger partial charge in [0.25, 0.3) is 0 Å². The highest BCUT2D eigenvalue weighted by Gasteiger charge is 2.57. The Bertz CT molecular complexity index is 848. The van der Waals surface area contributed by atoms with E-state index in [9.17, 15) is 24.2 Å². The van der Waals surface area contributed by atoms with Crippen molar-refractivity contribution in [2.45, 2.75) is 29.7 Å². The second-order valence-corrected chi connectivity index (χ2v) is 7.47. The summed E-state index contributed by atoms with van der Waals surface area (Å²) >= 11 is 3.28. The van der Waals surface area contributed by atoms with Crippen LogP contribution < -0.4 is 0 Å². The van der Waals surface area contributed by atoms with Crippen molar-refractivity contribution < 1.29 is 33.7 Å². The third kappa shape index (κ3) is 3.47. The van der Waals surface area contributed by atoms with Gasteiger partial charge in [-0.2, -0.15) is 0 Å². The number of carboxylic acids is 2. The van der Waals surface area contributed by atoms with Gasteiger partial charge in [-0.3, -0.25) is 0 Å². The molecule has 1 aliphatic rings. The van der Waals surface area contributed by atoms with Gasteiger partial charge in [0, 0.05) is 11.1 Å². The van der Waals surface area contributed by atoms with Crippen LogP contribution >= 0.6 is 15.9 Å². The Hall–Kier alpha value is -2.29. The predicted molar refractivity (Wildman–Crippen MR) is 96.9 cm³/mol. The first kappa shape index (κ1) is 19.5. The minimum Gasteiger partial charge on any atom is -0.479 e. The Balaban J connectivity index is 2.05. The Morgan fingerprint density at radius 1 is 1.07 bits per heavy atom. The van der Waals surface area contributed by atoms with Gasteiger partial charge in [-0.05, 0) is 18.6 Å². The molecule has 3 rings (SSSR count). The third-order valence-electron chi connectivity index (χ3n) is 4.35. The SMILES string of the molecule is C[C@H](Br)C1(c2ccc(-c3ccccc3)c(F)c2)O[C@@H](C(=O)O)[C@H](C(=O)O)O1. The summed E-state index contributed by atoms with van der Waals surface area (Å²) in [6, 6.07) is 13.1. The van der Waals surface area contributed by atoms with Crippen LogP contribution in [0.4, 0.5) is 4.39 Å². The summed E-state index contributed by atoms with van der Waals surface area (Å²) in [5.41, 5.74) is 1.20. The number of rotatable bonds is 5. The van der Waals surface area contributed by atoms with Crippen LogP contribution in [0.15, 0.2) is 48.5 Å².